The van der Waals surface area contributed by atoms with Gasteiger partial charge in [0.15, 0.2) is 6.61 Å². The summed E-state index contributed by atoms with van der Waals surface area (Å²) in [6.45, 7) is 4.32. The van der Waals surface area contributed by atoms with Gasteiger partial charge in [-0.2, -0.15) is 0 Å². The second-order valence-corrected chi connectivity index (χ2v) is 6.82. The van der Waals surface area contributed by atoms with Crippen LogP contribution >= 0.6 is 15.9 Å². The lowest BCUT2D eigenvalue weighted by atomic mass is 9.97. The number of benzene rings is 2. The maximum absolute atomic E-state index is 12.2. The molecule has 0 spiro atoms. The largest absolute Gasteiger partial charge is 0.484 e. The van der Waals surface area contributed by atoms with E-state index >= 15 is 0 Å². The monoisotopic (exact) mass is 375 g/mol. The van der Waals surface area contributed by atoms with Gasteiger partial charge in [0.2, 0.25) is 0 Å². The lowest BCUT2D eigenvalue weighted by Crippen LogP contribution is -2.33. The maximum atomic E-state index is 12.2. The summed E-state index contributed by atoms with van der Waals surface area (Å²) in [4.78, 5) is 12.2. The first kappa shape index (κ1) is 17.5. The van der Waals surface area contributed by atoms with E-state index in [9.17, 15) is 4.79 Å². The van der Waals surface area contributed by atoms with Crippen LogP contribution in [0.1, 0.15) is 31.9 Å². The summed E-state index contributed by atoms with van der Waals surface area (Å²) >= 11 is 3.37. The molecule has 122 valence electrons. The second kappa shape index (κ2) is 8.73. The third-order valence-electron chi connectivity index (χ3n) is 3.43. The molecule has 3 nitrogen and oxygen atoms in total. The molecule has 0 aliphatic rings. The lowest BCUT2D eigenvalue weighted by molar-refractivity contribution is -0.124. The zero-order valence-corrected chi connectivity index (χ0v) is 15.0. The Labute approximate surface area is 146 Å². The van der Waals surface area contributed by atoms with Gasteiger partial charge in [0.1, 0.15) is 5.75 Å². The van der Waals surface area contributed by atoms with Crippen LogP contribution in [0.2, 0.25) is 0 Å². The van der Waals surface area contributed by atoms with Gasteiger partial charge in [0, 0.05) is 4.47 Å². The highest BCUT2D eigenvalue weighted by Gasteiger charge is 2.16. The number of carbonyl (C=O) groups is 1. The van der Waals surface area contributed by atoms with E-state index in [1.54, 1.807) is 0 Å². The van der Waals surface area contributed by atoms with E-state index < -0.39 is 0 Å². The number of amides is 1. The molecule has 0 aromatic heterocycles. The number of rotatable bonds is 7. The molecule has 2 aromatic carbocycles. The van der Waals surface area contributed by atoms with Crippen molar-refractivity contribution in [3.63, 3.8) is 0 Å². The Hall–Kier alpha value is -1.81. The van der Waals surface area contributed by atoms with Gasteiger partial charge < -0.3 is 10.1 Å². The SMILES string of the molecule is CC(C)CC(NC(=O)COc1ccc(Br)cc1)c1ccccc1. The van der Waals surface area contributed by atoms with E-state index in [0.29, 0.717) is 11.7 Å². The van der Waals surface area contributed by atoms with Crippen molar-refractivity contribution in [1.29, 1.82) is 0 Å². The fourth-order valence-electron chi connectivity index (χ4n) is 2.35. The molecule has 0 saturated carbocycles. The van der Waals surface area contributed by atoms with E-state index in [0.717, 1.165) is 16.5 Å². The Morgan fingerprint density at radius 3 is 2.35 bits per heavy atom. The van der Waals surface area contributed by atoms with Crippen LogP contribution in [-0.4, -0.2) is 12.5 Å². The Balaban J connectivity index is 1.93. The molecule has 0 aliphatic carbocycles. The third kappa shape index (κ3) is 6.06. The molecule has 1 atom stereocenters. The lowest BCUT2D eigenvalue weighted by Gasteiger charge is -2.21. The summed E-state index contributed by atoms with van der Waals surface area (Å²) in [5.41, 5.74) is 1.12. The summed E-state index contributed by atoms with van der Waals surface area (Å²) in [6.07, 6.45) is 0.897. The molecule has 2 aromatic rings. The fraction of sp³-hybridized carbons (Fsp3) is 0.316. The van der Waals surface area contributed by atoms with Gasteiger partial charge in [-0.1, -0.05) is 60.1 Å². The summed E-state index contributed by atoms with van der Waals surface area (Å²) in [6, 6.07) is 17.5. The number of hydrogen-bond acceptors (Lipinski definition) is 2. The Morgan fingerprint density at radius 1 is 1.09 bits per heavy atom. The molecule has 0 radical (unpaired) electrons. The normalized spacial score (nSPS) is 12.0. The fourth-order valence-corrected chi connectivity index (χ4v) is 2.62. The summed E-state index contributed by atoms with van der Waals surface area (Å²) in [5, 5.41) is 3.07. The van der Waals surface area contributed by atoms with Crippen molar-refractivity contribution in [2.45, 2.75) is 26.3 Å². The van der Waals surface area contributed by atoms with Crippen LogP contribution in [0.4, 0.5) is 0 Å². The summed E-state index contributed by atoms with van der Waals surface area (Å²) in [7, 11) is 0. The van der Waals surface area contributed by atoms with Crippen LogP contribution in [-0.2, 0) is 4.79 Å². The minimum absolute atomic E-state index is 0.0113. The van der Waals surface area contributed by atoms with Crippen LogP contribution in [0.25, 0.3) is 0 Å². The van der Waals surface area contributed by atoms with Crippen LogP contribution in [0.3, 0.4) is 0 Å². The summed E-state index contributed by atoms with van der Waals surface area (Å²) < 4.78 is 6.51. The van der Waals surface area contributed by atoms with Crippen molar-refractivity contribution < 1.29 is 9.53 Å². The van der Waals surface area contributed by atoms with Gasteiger partial charge in [0.05, 0.1) is 6.04 Å². The van der Waals surface area contributed by atoms with Crippen LogP contribution in [0.5, 0.6) is 5.75 Å². The number of carbonyl (C=O) groups excluding carboxylic acids is 1. The molecule has 0 heterocycles. The molecule has 1 unspecified atom stereocenters. The quantitative estimate of drug-likeness (QED) is 0.759. The van der Waals surface area contributed by atoms with Gasteiger partial charge in [-0.3, -0.25) is 4.79 Å². The van der Waals surface area contributed by atoms with Crippen molar-refractivity contribution in [1.82, 2.24) is 5.32 Å². The standard InChI is InChI=1S/C19H22BrNO2/c1-14(2)12-18(15-6-4-3-5-7-15)21-19(22)13-23-17-10-8-16(20)9-11-17/h3-11,14,18H,12-13H2,1-2H3,(H,21,22). The number of halogens is 1. The predicted octanol–water partition coefficient (Wildman–Crippen LogP) is 4.73. The van der Waals surface area contributed by atoms with Crippen molar-refractivity contribution in [3.8, 4) is 5.75 Å². The highest BCUT2D eigenvalue weighted by atomic mass is 79.9. The molecule has 0 aliphatic heterocycles. The molecule has 4 heteroatoms. The Kier molecular flexibility index (Phi) is 6.66. The van der Waals surface area contributed by atoms with Crippen molar-refractivity contribution in [2.24, 2.45) is 5.92 Å². The number of hydrogen-bond donors (Lipinski definition) is 1. The van der Waals surface area contributed by atoms with Crippen LogP contribution in [0, 0.1) is 5.92 Å². The van der Waals surface area contributed by atoms with Gasteiger partial charge in [-0.25, -0.2) is 0 Å². The first-order valence-corrected chi connectivity index (χ1v) is 8.56. The van der Waals surface area contributed by atoms with E-state index in [1.165, 1.54) is 0 Å². The van der Waals surface area contributed by atoms with Gasteiger partial charge in [-0.05, 0) is 42.2 Å². The zero-order chi connectivity index (χ0) is 16.7. The molecular weight excluding hydrogens is 354 g/mol. The molecular formula is C19H22BrNO2. The molecule has 2 rings (SSSR count). The zero-order valence-electron chi connectivity index (χ0n) is 13.5. The Bertz CT molecular complexity index is 611. The molecule has 1 amide bonds. The predicted molar refractivity (Wildman–Crippen MR) is 96.4 cm³/mol. The molecule has 23 heavy (non-hydrogen) atoms. The third-order valence-corrected chi connectivity index (χ3v) is 3.96. The average molecular weight is 376 g/mol. The smallest absolute Gasteiger partial charge is 0.258 e. The van der Waals surface area contributed by atoms with Crippen molar-refractivity contribution in [2.75, 3.05) is 6.61 Å². The minimum atomic E-state index is -0.109. The number of ether oxygens (including phenoxy) is 1. The molecule has 0 fully saturated rings. The van der Waals surface area contributed by atoms with Crippen LogP contribution in [0.15, 0.2) is 59.1 Å². The Morgan fingerprint density at radius 2 is 1.74 bits per heavy atom. The van der Waals surface area contributed by atoms with E-state index in [1.807, 2.05) is 54.6 Å². The van der Waals surface area contributed by atoms with Crippen molar-refractivity contribution >= 4 is 21.8 Å². The first-order chi connectivity index (χ1) is 11.0. The molecule has 0 bridgehead atoms. The average Bonchev–Trinajstić information content (AvgIpc) is 2.54. The van der Waals surface area contributed by atoms with E-state index in [-0.39, 0.29) is 18.6 Å². The highest BCUT2D eigenvalue weighted by Crippen LogP contribution is 2.21. The maximum Gasteiger partial charge on any atom is 0.258 e. The second-order valence-electron chi connectivity index (χ2n) is 5.90. The van der Waals surface area contributed by atoms with E-state index in [2.05, 4.69) is 35.1 Å². The van der Waals surface area contributed by atoms with Gasteiger partial charge in [-0.15, -0.1) is 0 Å². The molecule has 1 N–H and O–H groups in total. The van der Waals surface area contributed by atoms with Crippen molar-refractivity contribution in [3.05, 3.63) is 64.6 Å². The minimum Gasteiger partial charge on any atom is -0.484 e. The highest BCUT2D eigenvalue weighted by molar-refractivity contribution is 9.10. The first-order valence-electron chi connectivity index (χ1n) is 7.77. The number of nitrogens with one attached hydrogen (secondary N) is 1. The van der Waals surface area contributed by atoms with Gasteiger partial charge in [0.25, 0.3) is 5.91 Å². The summed E-state index contributed by atoms with van der Waals surface area (Å²) in [5.74, 6) is 1.07. The topological polar surface area (TPSA) is 38.3 Å². The van der Waals surface area contributed by atoms with Crippen LogP contribution < -0.4 is 10.1 Å². The van der Waals surface area contributed by atoms with E-state index in [4.69, 9.17) is 4.74 Å². The van der Waals surface area contributed by atoms with Gasteiger partial charge >= 0.3 is 0 Å². The molecule has 0 saturated heterocycles.